The normalized spacial score (nSPS) is 10.6. The van der Waals surface area contributed by atoms with Gasteiger partial charge in [-0.25, -0.2) is 0 Å². The van der Waals surface area contributed by atoms with Crippen LogP contribution in [0.15, 0.2) is 46.8 Å². The fraction of sp³-hybridized carbons (Fsp3) is 0.211. The molecule has 0 aliphatic heterocycles. The molecule has 0 aliphatic carbocycles. The Morgan fingerprint density at radius 1 is 1.15 bits per heavy atom. The Bertz CT molecular complexity index is 909. The van der Waals surface area contributed by atoms with Crippen molar-refractivity contribution in [3.63, 3.8) is 0 Å². The lowest BCUT2D eigenvalue weighted by molar-refractivity contribution is -0.118. The van der Waals surface area contributed by atoms with Crippen LogP contribution in [0.25, 0.3) is 0 Å². The van der Waals surface area contributed by atoms with Crippen molar-refractivity contribution in [1.29, 1.82) is 0 Å². The number of ether oxygens (including phenoxy) is 1. The summed E-state index contributed by atoms with van der Waals surface area (Å²) < 4.78 is 6.44. The van der Waals surface area contributed by atoms with Crippen molar-refractivity contribution >= 4 is 45.7 Å². The van der Waals surface area contributed by atoms with Crippen LogP contribution in [0.1, 0.15) is 16.7 Å². The van der Waals surface area contributed by atoms with Gasteiger partial charge in [0.1, 0.15) is 5.75 Å². The number of carbonyl (C=O) groups is 1. The van der Waals surface area contributed by atoms with Crippen molar-refractivity contribution in [2.45, 2.75) is 23.9 Å². The number of carbonyl (C=O) groups excluding carboxylic acids is 1. The Balaban J connectivity index is 1.49. The standard InChI is InChI=1S/C19H18ClN3O2S2/c1-12-4-3-5-13(2)17(12)25-10-16(24)21-18-22-23-19(27-18)26-11-14-6-8-15(20)9-7-14/h3-9H,10-11H2,1-2H3,(H,21,22,24). The van der Waals surface area contributed by atoms with E-state index < -0.39 is 0 Å². The average molecular weight is 420 g/mol. The summed E-state index contributed by atoms with van der Waals surface area (Å²) in [6.45, 7) is 3.84. The molecule has 0 saturated carbocycles. The molecule has 0 saturated heterocycles. The molecule has 8 heteroatoms. The summed E-state index contributed by atoms with van der Waals surface area (Å²) in [6.07, 6.45) is 0. The van der Waals surface area contributed by atoms with Crippen molar-refractivity contribution in [1.82, 2.24) is 10.2 Å². The van der Waals surface area contributed by atoms with Gasteiger partial charge in [-0.15, -0.1) is 10.2 Å². The van der Waals surface area contributed by atoms with Gasteiger partial charge in [0.25, 0.3) is 5.91 Å². The van der Waals surface area contributed by atoms with Crippen LogP contribution in [-0.4, -0.2) is 22.7 Å². The third kappa shape index (κ3) is 5.69. The molecule has 0 atom stereocenters. The predicted molar refractivity (Wildman–Crippen MR) is 111 cm³/mol. The van der Waals surface area contributed by atoms with Gasteiger partial charge in [-0.2, -0.15) is 0 Å². The quantitative estimate of drug-likeness (QED) is 0.425. The number of benzene rings is 2. The van der Waals surface area contributed by atoms with E-state index in [1.54, 1.807) is 11.8 Å². The summed E-state index contributed by atoms with van der Waals surface area (Å²) in [5, 5.41) is 12.0. The zero-order chi connectivity index (χ0) is 19.2. The molecule has 1 heterocycles. The molecule has 140 valence electrons. The maximum atomic E-state index is 12.1. The lowest BCUT2D eigenvalue weighted by Crippen LogP contribution is -2.20. The van der Waals surface area contributed by atoms with Gasteiger partial charge in [0.2, 0.25) is 5.13 Å². The monoisotopic (exact) mass is 419 g/mol. The fourth-order valence-corrected chi connectivity index (χ4v) is 4.21. The minimum atomic E-state index is -0.261. The first kappa shape index (κ1) is 19.7. The van der Waals surface area contributed by atoms with Crippen LogP contribution in [0.2, 0.25) is 5.02 Å². The molecule has 1 aromatic heterocycles. The summed E-state index contributed by atoms with van der Waals surface area (Å²) in [6, 6.07) is 13.5. The van der Waals surface area contributed by atoms with Gasteiger partial charge in [-0.05, 0) is 42.7 Å². The van der Waals surface area contributed by atoms with Crippen molar-refractivity contribution in [2.75, 3.05) is 11.9 Å². The number of amides is 1. The molecule has 0 unspecified atom stereocenters. The Hall–Kier alpha value is -2.09. The molecule has 5 nitrogen and oxygen atoms in total. The van der Waals surface area contributed by atoms with E-state index in [2.05, 4.69) is 15.5 Å². The molecule has 0 radical (unpaired) electrons. The predicted octanol–water partition coefficient (Wildman–Crippen LogP) is 5.12. The van der Waals surface area contributed by atoms with Gasteiger partial charge >= 0.3 is 0 Å². The largest absolute Gasteiger partial charge is 0.483 e. The van der Waals surface area contributed by atoms with Crippen molar-refractivity contribution < 1.29 is 9.53 Å². The van der Waals surface area contributed by atoms with Gasteiger partial charge in [-0.3, -0.25) is 10.1 Å². The first-order valence-electron chi connectivity index (χ1n) is 8.21. The van der Waals surface area contributed by atoms with Crippen LogP contribution in [0, 0.1) is 13.8 Å². The highest BCUT2D eigenvalue weighted by Crippen LogP contribution is 2.28. The summed E-state index contributed by atoms with van der Waals surface area (Å²) in [4.78, 5) is 12.1. The average Bonchev–Trinajstić information content (AvgIpc) is 3.08. The number of nitrogens with one attached hydrogen (secondary N) is 1. The minimum absolute atomic E-state index is 0.0709. The molecule has 0 fully saturated rings. The van der Waals surface area contributed by atoms with Crippen LogP contribution in [0.3, 0.4) is 0 Å². The van der Waals surface area contributed by atoms with Gasteiger partial charge in [-0.1, -0.05) is 65.0 Å². The Morgan fingerprint density at radius 3 is 2.56 bits per heavy atom. The molecule has 0 bridgehead atoms. The molecular formula is C19H18ClN3O2S2. The molecular weight excluding hydrogens is 402 g/mol. The maximum absolute atomic E-state index is 12.1. The molecule has 27 heavy (non-hydrogen) atoms. The van der Waals surface area contributed by atoms with Gasteiger partial charge < -0.3 is 4.74 Å². The maximum Gasteiger partial charge on any atom is 0.264 e. The number of halogens is 1. The molecule has 0 spiro atoms. The first-order valence-corrected chi connectivity index (χ1v) is 10.4. The molecule has 0 aliphatic rings. The van der Waals surface area contributed by atoms with Crippen LogP contribution in [-0.2, 0) is 10.5 Å². The van der Waals surface area contributed by atoms with Gasteiger partial charge in [0.15, 0.2) is 10.9 Å². The van der Waals surface area contributed by atoms with Crippen molar-refractivity contribution in [3.8, 4) is 5.75 Å². The molecule has 3 aromatic rings. The van der Waals surface area contributed by atoms with Crippen LogP contribution < -0.4 is 10.1 Å². The highest BCUT2D eigenvalue weighted by atomic mass is 35.5. The van der Waals surface area contributed by atoms with Crippen molar-refractivity contribution in [2.24, 2.45) is 0 Å². The van der Waals surface area contributed by atoms with E-state index in [1.165, 1.54) is 11.3 Å². The fourth-order valence-electron chi connectivity index (χ4n) is 2.36. The number of aryl methyl sites for hydroxylation is 2. The zero-order valence-electron chi connectivity index (χ0n) is 14.9. The number of hydrogen-bond acceptors (Lipinski definition) is 6. The van der Waals surface area contributed by atoms with Gasteiger partial charge in [0.05, 0.1) is 0 Å². The van der Waals surface area contributed by atoms with Crippen LogP contribution in [0.5, 0.6) is 5.75 Å². The SMILES string of the molecule is Cc1cccc(C)c1OCC(=O)Nc1nnc(SCc2ccc(Cl)cc2)s1. The molecule has 3 rings (SSSR count). The third-order valence-corrected chi connectivity index (χ3v) is 5.98. The van der Waals surface area contributed by atoms with Gasteiger partial charge in [0, 0.05) is 10.8 Å². The van der Waals surface area contributed by atoms with E-state index in [0.29, 0.717) is 10.2 Å². The highest BCUT2D eigenvalue weighted by Gasteiger charge is 2.11. The van der Waals surface area contributed by atoms with E-state index in [-0.39, 0.29) is 12.5 Å². The zero-order valence-corrected chi connectivity index (χ0v) is 17.2. The number of hydrogen-bond donors (Lipinski definition) is 1. The van der Waals surface area contributed by atoms with Crippen LogP contribution >= 0.6 is 34.7 Å². The van der Waals surface area contributed by atoms with Crippen LogP contribution in [0.4, 0.5) is 5.13 Å². The Kier molecular flexibility index (Phi) is 6.71. The Labute approximate surface area is 171 Å². The lowest BCUT2D eigenvalue weighted by atomic mass is 10.1. The molecule has 2 aromatic carbocycles. The number of thioether (sulfide) groups is 1. The number of aromatic nitrogens is 2. The number of nitrogens with zero attached hydrogens (tertiary/aromatic N) is 2. The second kappa shape index (κ2) is 9.21. The smallest absolute Gasteiger partial charge is 0.264 e. The third-order valence-electron chi connectivity index (χ3n) is 3.68. The number of anilines is 1. The highest BCUT2D eigenvalue weighted by molar-refractivity contribution is 8.00. The lowest BCUT2D eigenvalue weighted by Gasteiger charge is -2.11. The van der Waals surface area contributed by atoms with Crippen molar-refractivity contribution in [3.05, 3.63) is 64.2 Å². The Morgan fingerprint density at radius 2 is 1.85 bits per heavy atom. The topological polar surface area (TPSA) is 64.1 Å². The second-order valence-corrected chi connectivity index (χ2v) is 8.48. The van der Waals surface area contributed by atoms with E-state index in [1.807, 2.05) is 56.3 Å². The minimum Gasteiger partial charge on any atom is -0.483 e. The molecule has 1 amide bonds. The van der Waals surface area contributed by atoms with E-state index in [9.17, 15) is 4.79 Å². The summed E-state index contributed by atoms with van der Waals surface area (Å²) in [5.41, 5.74) is 3.14. The number of rotatable bonds is 7. The summed E-state index contributed by atoms with van der Waals surface area (Å²) >= 11 is 8.78. The second-order valence-electron chi connectivity index (χ2n) is 5.85. The van der Waals surface area contributed by atoms with E-state index in [0.717, 1.165) is 32.5 Å². The summed E-state index contributed by atoms with van der Waals surface area (Å²) in [7, 11) is 0. The summed E-state index contributed by atoms with van der Waals surface area (Å²) in [5.74, 6) is 1.24. The number of para-hydroxylation sites is 1. The molecule has 1 N–H and O–H groups in total. The van der Waals surface area contributed by atoms with E-state index >= 15 is 0 Å². The first-order chi connectivity index (χ1) is 13.0. The van der Waals surface area contributed by atoms with E-state index in [4.69, 9.17) is 16.3 Å².